The number of esters is 1. The van der Waals surface area contributed by atoms with E-state index in [9.17, 15) is 4.79 Å². The molecule has 0 saturated carbocycles. The van der Waals surface area contributed by atoms with Crippen LogP contribution >= 0.6 is 23.8 Å². The highest BCUT2D eigenvalue weighted by atomic mass is 35.5. The quantitative estimate of drug-likeness (QED) is 0.637. The van der Waals surface area contributed by atoms with Crippen molar-refractivity contribution in [2.24, 2.45) is 0 Å². The summed E-state index contributed by atoms with van der Waals surface area (Å²) in [6.07, 6.45) is 1.72. The monoisotopic (exact) mass is 349 g/mol. The molecule has 2 rings (SSSR count). The van der Waals surface area contributed by atoms with Gasteiger partial charge in [0.05, 0.1) is 29.4 Å². The molecule has 0 saturated heterocycles. The van der Waals surface area contributed by atoms with E-state index in [0.29, 0.717) is 27.9 Å². The second kappa shape index (κ2) is 8.45. The summed E-state index contributed by atoms with van der Waals surface area (Å²) >= 11 is 11.2. The lowest BCUT2D eigenvalue weighted by Gasteiger charge is -2.12. The number of halogens is 1. The van der Waals surface area contributed by atoms with Crippen molar-refractivity contribution in [1.82, 2.24) is 10.3 Å². The summed E-state index contributed by atoms with van der Waals surface area (Å²) < 4.78 is 4.97. The van der Waals surface area contributed by atoms with Gasteiger partial charge in [0.15, 0.2) is 5.11 Å². The van der Waals surface area contributed by atoms with Gasteiger partial charge in [0.2, 0.25) is 0 Å². The van der Waals surface area contributed by atoms with Gasteiger partial charge in [-0.15, -0.1) is 0 Å². The fourth-order valence-corrected chi connectivity index (χ4v) is 2.20. The Morgan fingerprint density at radius 2 is 2.17 bits per heavy atom. The highest BCUT2D eigenvalue weighted by molar-refractivity contribution is 7.80. The number of nitrogens with zero attached hydrogens (tertiary/aromatic N) is 1. The minimum Gasteiger partial charge on any atom is -0.462 e. The highest BCUT2D eigenvalue weighted by Crippen LogP contribution is 2.21. The van der Waals surface area contributed by atoms with Gasteiger partial charge < -0.3 is 15.4 Å². The van der Waals surface area contributed by atoms with Gasteiger partial charge >= 0.3 is 5.97 Å². The first-order valence-corrected chi connectivity index (χ1v) is 7.80. The molecule has 1 heterocycles. The molecule has 2 aromatic rings. The number of rotatable bonds is 5. The maximum atomic E-state index is 11.8. The van der Waals surface area contributed by atoms with Gasteiger partial charge in [-0.05, 0) is 49.5 Å². The van der Waals surface area contributed by atoms with E-state index in [1.54, 1.807) is 31.3 Å². The second-order valence-corrected chi connectivity index (χ2v) is 5.36. The molecule has 0 fully saturated rings. The lowest BCUT2D eigenvalue weighted by Crippen LogP contribution is -2.28. The molecule has 0 aliphatic heterocycles. The number of benzene rings is 1. The Hall–Kier alpha value is -2.18. The molecule has 1 aromatic carbocycles. The van der Waals surface area contributed by atoms with Crippen LogP contribution in [0.5, 0.6) is 0 Å². The number of carbonyl (C=O) groups is 1. The van der Waals surface area contributed by atoms with E-state index in [4.69, 9.17) is 28.6 Å². The normalized spacial score (nSPS) is 10.0. The molecule has 120 valence electrons. The maximum Gasteiger partial charge on any atom is 0.339 e. The molecule has 0 aliphatic rings. The van der Waals surface area contributed by atoms with Crippen LogP contribution in [0.3, 0.4) is 0 Å². The maximum absolute atomic E-state index is 11.8. The SMILES string of the molecule is CCOC(=O)c1cc(NC(=S)NCc2ccccn2)ccc1Cl. The van der Waals surface area contributed by atoms with Gasteiger partial charge in [0.25, 0.3) is 0 Å². The lowest BCUT2D eigenvalue weighted by atomic mass is 10.2. The molecule has 7 heteroatoms. The summed E-state index contributed by atoms with van der Waals surface area (Å²) in [5, 5.41) is 6.81. The van der Waals surface area contributed by atoms with E-state index in [2.05, 4.69) is 15.6 Å². The molecule has 5 nitrogen and oxygen atoms in total. The van der Waals surface area contributed by atoms with Gasteiger partial charge in [-0.2, -0.15) is 0 Å². The molecule has 2 N–H and O–H groups in total. The third-order valence-electron chi connectivity index (χ3n) is 2.88. The van der Waals surface area contributed by atoms with Gasteiger partial charge in [0.1, 0.15) is 0 Å². The zero-order chi connectivity index (χ0) is 16.7. The van der Waals surface area contributed by atoms with Gasteiger partial charge in [0, 0.05) is 11.9 Å². The zero-order valence-electron chi connectivity index (χ0n) is 12.5. The van der Waals surface area contributed by atoms with Crippen LogP contribution < -0.4 is 10.6 Å². The first-order chi connectivity index (χ1) is 11.1. The Labute approximate surface area is 145 Å². The number of aromatic nitrogens is 1. The van der Waals surface area contributed by atoms with Crippen LogP contribution in [-0.4, -0.2) is 22.7 Å². The number of ether oxygens (including phenoxy) is 1. The Morgan fingerprint density at radius 3 is 2.87 bits per heavy atom. The van der Waals surface area contributed by atoms with Crippen molar-refractivity contribution in [2.75, 3.05) is 11.9 Å². The van der Waals surface area contributed by atoms with Crippen molar-refractivity contribution in [3.8, 4) is 0 Å². The minimum absolute atomic E-state index is 0.289. The number of carbonyl (C=O) groups excluding carboxylic acids is 1. The summed E-state index contributed by atoms with van der Waals surface area (Å²) in [7, 11) is 0. The number of hydrogen-bond acceptors (Lipinski definition) is 4. The molecule has 0 spiro atoms. The summed E-state index contributed by atoms with van der Waals surface area (Å²) in [6, 6.07) is 10.6. The van der Waals surface area contributed by atoms with Crippen molar-refractivity contribution in [1.29, 1.82) is 0 Å². The topological polar surface area (TPSA) is 63.2 Å². The summed E-state index contributed by atoms with van der Waals surface area (Å²) in [5.74, 6) is -0.464. The van der Waals surface area contributed by atoms with Crippen LogP contribution in [-0.2, 0) is 11.3 Å². The van der Waals surface area contributed by atoms with Crippen LogP contribution in [0.4, 0.5) is 5.69 Å². The lowest BCUT2D eigenvalue weighted by molar-refractivity contribution is 0.0526. The first-order valence-electron chi connectivity index (χ1n) is 7.01. The summed E-state index contributed by atoms with van der Waals surface area (Å²) in [6.45, 7) is 2.53. The van der Waals surface area contributed by atoms with Crippen LogP contribution in [0.1, 0.15) is 23.0 Å². The smallest absolute Gasteiger partial charge is 0.339 e. The number of hydrogen-bond donors (Lipinski definition) is 2. The van der Waals surface area contributed by atoms with Crippen molar-refractivity contribution in [3.05, 3.63) is 58.9 Å². The third-order valence-corrected chi connectivity index (χ3v) is 3.45. The largest absolute Gasteiger partial charge is 0.462 e. The third kappa shape index (κ3) is 5.19. The van der Waals surface area contributed by atoms with Gasteiger partial charge in [-0.1, -0.05) is 17.7 Å². The van der Waals surface area contributed by atoms with E-state index in [1.165, 1.54) is 0 Å². The number of anilines is 1. The molecular formula is C16H16ClN3O2S. The molecule has 0 unspecified atom stereocenters. The molecule has 0 radical (unpaired) electrons. The standard InChI is InChI=1S/C16H16ClN3O2S/c1-2-22-15(21)13-9-11(6-7-14(13)17)20-16(23)19-10-12-5-3-4-8-18-12/h3-9H,2,10H2,1H3,(H2,19,20,23). The molecular weight excluding hydrogens is 334 g/mol. The van der Waals surface area contributed by atoms with E-state index in [-0.39, 0.29) is 6.61 Å². The van der Waals surface area contributed by atoms with Crippen molar-refractivity contribution in [2.45, 2.75) is 13.5 Å². The number of thiocarbonyl (C=S) groups is 1. The van der Waals surface area contributed by atoms with Crippen LogP contribution in [0.25, 0.3) is 0 Å². The minimum atomic E-state index is -0.464. The highest BCUT2D eigenvalue weighted by Gasteiger charge is 2.12. The Bertz CT molecular complexity index is 695. The van der Waals surface area contributed by atoms with Crippen LogP contribution in [0.2, 0.25) is 5.02 Å². The van der Waals surface area contributed by atoms with Gasteiger partial charge in [-0.3, -0.25) is 4.98 Å². The average molecular weight is 350 g/mol. The van der Waals surface area contributed by atoms with E-state index in [0.717, 1.165) is 5.69 Å². The first kappa shape index (κ1) is 17.2. The predicted molar refractivity (Wildman–Crippen MR) is 94.7 cm³/mol. The molecule has 0 amide bonds. The molecule has 0 aliphatic carbocycles. The van der Waals surface area contributed by atoms with E-state index < -0.39 is 5.97 Å². The van der Waals surface area contributed by atoms with Crippen molar-refractivity contribution >= 4 is 40.6 Å². The molecule has 0 bridgehead atoms. The van der Waals surface area contributed by atoms with Gasteiger partial charge in [-0.25, -0.2) is 4.79 Å². The summed E-state index contributed by atoms with van der Waals surface area (Å²) in [5.41, 5.74) is 1.82. The molecule has 1 aromatic heterocycles. The van der Waals surface area contributed by atoms with Crippen LogP contribution in [0, 0.1) is 0 Å². The van der Waals surface area contributed by atoms with Crippen molar-refractivity contribution < 1.29 is 9.53 Å². The fourth-order valence-electron chi connectivity index (χ4n) is 1.82. The molecule has 0 atom stereocenters. The molecule has 23 heavy (non-hydrogen) atoms. The van der Waals surface area contributed by atoms with E-state index >= 15 is 0 Å². The predicted octanol–water partition coefficient (Wildman–Crippen LogP) is 3.40. The summed E-state index contributed by atoms with van der Waals surface area (Å²) in [4.78, 5) is 16.0. The fraction of sp³-hybridized carbons (Fsp3) is 0.188. The number of pyridine rings is 1. The second-order valence-electron chi connectivity index (χ2n) is 4.54. The van der Waals surface area contributed by atoms with Crippen molar-refractivity contribution in [3.63, 3.8) is 0 Å². The average Bonchev–Trinajstić information content (AvgIpc) is 2.56. The Balaban J connectivity index is 1.98. The Morgan fingerprint density at radius 1 is 1.35 bits per heavy atom. The van der Waals surface area contributed by atoms with E-state index in [1.807, 2.05) is 18.2 Å². The number of nitrogens with one attached hydrogen (secondary N) is 2. The Kier molecular flexibility index (Phi) is 6.31. The van der Waals surface area contributed by atoms with Crippen LogP contribution in [0.15, 0.2) is 42.6 Å². The zero-order valence-corrected chi connectivity index (χ0v) is 14.1.